The molecule has 10 heteroatoms. The summed E-state index contributed by atoms with van der Waals surface area (Å²) in [6.07, 6.45) is 4.79. The number of nitrogens with zero attached hydrogens (tertiary/aromatic N) is 1. The number of unbranched alkanes of at least 4 members (excludes halogenated alkanes) is 3. The lowest BCUT2D eigenvalue weighted by Gasteiger charge is -2.10. The van der Waals surface area contributed by atoms with E-state index in [1.54, 1.807) is 0 Å². The van der Waals surface area contributed by atoms with E-state index in [1.165, 1.54) is 0 Å². The zero-order valence-corrected chi connectivity index (χ0v) is 22.5. The average molecular weight is 510 g/mol. The summed E-state index contributed by atoms with van der Waals surface area (Å²) in [4.78, 5) is 13.6. The van der Waals surface area contributed by atoms with Crippen LogP contribution in [-0.4, -0.2) is 131 Å². The zero-order chi connectivity index (χ0) is 25.7. The molecule has 0 radical (unpaired) electrons. The summed E-state index contributed by atoms with van der Waals surface area (Å²) in [6, 6.07) is 0. The van der Waals surface area contributed by atoms with Crippen LogP contribution in [0.2, 0.25) is 0 Å². The summed E-state index contributed by atoms with van der Waals surface area (Å²) in [6.45, 7) is 10.8. The number of esters is 1. The topological polar surface area (TPSA) is 94.2 Å². The van der Waals surface area contributed by atoms with Crippen molar-refractivity contribution in [3.8, 4) is 0 Å². The van der Waals surface area contributed by atoms with Gasteiger partial charge in [0.25, 0.3) is 0 Å². The van der Waals surface area contributed by atoms with Crippen molar-refractivity contribution in [2.75, 3.05) is 120 Å². The largest absolute Gasteiger partial charge is 0.463 e. The summed E-state index contributed by atoms with van der Waals surface area (Å²) >= 11 is 0. The van der Waals surface area contributed by atoms with E-state index in [1.807, 2.05) is 14.1 Å². The Bertz CT molecular complexity index is 428. The van der Waals surface area contributed by atoms with E-state index < -0.39 is 0 Å². The third kappa shape index (κ3) is 31.1. The van der Waals surface area contributed by atoms with Gasteiger partial charge in [-0.05, 0) is 20.5 Å². The standard InChI is InChI=1S/C25H51NO9/c1-4-5-6-7-8-25(27)35-24-23-34-22-21-33-20-19-32-18-17-31-16-15-30-14-13-29-12-11-28-10-9-26(2)3/h4-24H2,1-3H3. The maximum Gasteiger partial charge on any atom is 0.305 e. The first kappa shape index (κ1) is 34.1. The van der Waals surface area contributed by atoms with Gasteiger partial charge in [0, 0.05) is 13.0 Å². The van der Waals surface area contributed by atoms with Crippen LogP contribution in [0.3, 0.4) is 0 Å². The second-order valence-corrected chi connectivity index (χ2v) is 8.12. The number of hydrogen-bond donors (Lipinski definition) is 0. The van der Waals surface area contributed by atoms with Crippen molar-refractivity contribution in [2.45, 2.75) is 39.0 Å². The maximum atomic E-state index is 11.5. The normalized spacial score (nSPS) is 11.4. The summed E-state index contributed by atoms with van der Waals surface area (Å²) in [5.41, 5.74) is 0. The lowest BCUT2D eigenvalue weighted by atomic mass is 10.2. The Kier molecular flexibility index (Phi) is 28.7. The fourth-order valence-electron chi connectivity index (χ4n) is 2.65. The van der Waals surface area contributed by atoms with Crippen LogP contribution in [0.4, 0.5) is 0 Å². The number of carbonyl (C=O) groups is 1. The number of ether oxygens (including phenoxy) is 8. The Balaban J connectivity index is 3.08. The molecule has 0 bridgehead atoms. The van der Waals surface area contributed by atoms with Crippen molar-refractivity contribution < 1.29 is 42.7 Å². The van der Waals surface area contributed by atoms with Crippen molar-refractivity contribution in [3.63, 3.8) is 0 Å². The molecular formula is C25H51NO9. The summed E-state index contributed by atoms with van der Waals surface area (Å²) in [5, 5.41) is 0. The number of rotatable bonds is 29. The summed E-state index contributed by atoms with van der Waals surface area (Å²) < 4.78 is 43.1. The van der Waals surface area contributed by atoms with Crippen LogP contribution in [0.15, 0.2) is 0 Å². The molecule has 0 heterocycles. The van der Waals surface area contributed by atoms with Gasteiger partial charge >= 0.3 is 5.97 Å². The van der Waals surface area contributed by atoms with E-state index in [4.69, 9.17) is 37.9 Å². The maximum absolute atomic E-state index is 11.5. The first-order valence-electron chi connectivity index (χ1n) is 13.0. The predicted molar refractivity (Wildman–Crippen MR) is 134 cm³/mol. The van der Waals surface area contributed by atoms with Gasteiger partial charge in [-0.15, -0.1) is 0 Å². The molecule has 0 saturated carbocycles. The summed E-state index contributed by atoms with van der Waals surface area (Å²) in [5.74, 6) is -0.146. The number of carbonyl (C=O) groups excluding carboxylic acids is 1. The first-order chi connectivity index (χ1) is 17.2. The number of likely N-dealkylation sites (N-methyl/N-ethyl adjacent to an activating group) is 1. The second-order valence-electron chi connectivity index (χ2n) is 8.12. The van der Waals surface area contributed by atoms with Crippen molar-refractivity contribution in [3.05, 3.63) is 0 Å². The molecule has 0 saturated heterocycles. The first-order valence-corrected chi connectivity index (χ1v) is 13.0. The molecule has 0 atom stereocenters. The Morgan fingerprint density at radius 2 is 0.886 bits per heavy atom. The van der Waals surface area contributed by atoms with Gasteiger partial charge < -0.3 is 42.8 Å². The van der Waals surface area contributed by atoms with Crippen LogP contribution in [-0.2, 0) is 42.7 Å². The molecule has 0 aliphatic rings. The van der Waals surface area contributed by atoms with Crippen molar-refractivity contribution in [2.24, 2.45) is 0 Å². The molecule has 0 spiro atoms. The molecule has 35 heavy (non-hydrogen) atoms. The molecule has 0 aromatic carbocycles. The highest BCUT2D eigenvalue weighted by atomic mass is 16.6. The van der Waals surface area contributed by atoms with Gasteiger partial charge in [0.1, 0.15) is 6.61 Å². The molecule has 0 amide bonds. The highest BCUT2D eigenvalue weighted by Crippen LogP contribution is 2.03. The van der Waals surface area contributed by atoms with E-state index >= 15 is 0 Å². The quantitative estimate of drug-likeness (QED) is 0.110. The van der Waals surface area contributed by atoms with E-state index in [2.05, 4.69) is 11.8 Å². The van der Waals surface area contributed by atoms with Crippen LogP contribution in [0.25, 0.3) is 0 Å². The predicted octanol–water partition coefficient (Wildman–Crippen LogP) is 2.18. The van der Waals surface area contributed by atoms with Gasteiger partial charge in [-0.25, -0.2) is 0 Å². The van der Waals surface area contributed by atoms with Crippen molar-refractivity contribution in [1.29, 1.82) is 0 Å². The van der Waals surface area contributed by atoms with E-state index in [9.17, 15) is 4.79 Å². The Morgan fingerprint density at radius 1 is 0.514 bits per heavy atom. The minimum atomic E-state index is -0.146. The SMILES string of the molecule is CCCCCCC(=O)OCCOCCOCCOCCOCCOCCOCCOCCN(C)C. The minimum absolute atomic E-state index is 0.146. The van der Waals surface area contributed by atoms with Gasteiger partial charge in [-0.2, -0.15) is 0 Å². The van der Waals surface area contributed by atoms with Crippen LogP contribution in [0.5, 0.6) is 0 Å². The third-order valence-electron chi connectivity index (χ3n) is 4.64. The molecule has 0 aliphatic heterocycles. The highest BCUT2D eigenvalue weighted by molar-refractivity contribution is 5.69. The van der Waals surface area contributed by atoms with E-state index in [0.717, 1.165) is 38.8 Å². The lowest BCUT2D eigenvalue weighted by molar-refractivity contribution is -0.145. The molecule has 10 nitrogen and oxygen atoms in total. The van der Waals surface area contributed by atoms with Gasteiger partial charge in [0.15, 0.2) is 0 Å². The minimum Gasteiger partial charge on any atom is -0.463 e. The van der Waals surface area contributed by atoms with E-state index in [0.29, 0.717) is 98.9 Å². The van der Waals surface area contributed by atoms with Crippen LogP contribution >= 0.6 is 0 Å². The highest BCUT2D eigenvalue weighted by Gasteiger charge is 2.02. The van der Waals surface area contributed by atoms with Crippen LogP contribution in [0.1, 0.15) is 39.0 Å². The Hall–Kier alpha value is -0.850. The molecule has 0 unspecified atom stereocenters. The monoisotopic (exact) mass is 509 g/mol. The smallest absolute Gasteiger partial charge is 0.305 e. The average Bonchev–Trinajstić information content (AvgIpc) is 2.84. The zero-order valence-electron chi connectivity index (χ0n) is 22.5. The fraction of sp³-hybridized carbons (Fsp3) is 0.960. The molecule has 210 valence electrons. The van der Waals surface area contributed by atoms with Crippen LogP contribution < -0.4 is 0 Å². The Labute approximate surface area is 212 Å². The molecular weight excluding hydrogens is 458 g/mol. The second kappa shape index (κ2) is 29.4. The van der Waals surface area contributed by atoms with E-state index in [-0.39, 0.29) is 5.97 Å². The molecule has 0 aliphatic carbocycles. The molecule has 0 rings (SSSR count). The van der Waals surface area contributed by atoms with Gasteiger partial charge in [0.2, 0.25) is 0 Å². The van der Waals surface area contributed by atoms with Gasteiger partial charge in [-0.1, -0.05) is 26.2 Å². The summed E-state index contributed by atoms with van der Waals surface area (Å²) in [7, 11) is 4.04. The molecule has 0 aromatic rings. The molecule has 0 fully saturated rings. The lowest BCUT2D eigenvalue weighted by Crippen LogP contribution is -2.19. The van der Waals surface area contributed by atoms with Crippen molar-refractivity contribution >= 4 is 5.97 Å². The third-order valence-corrected chi connectivity index (χ3v) is 4.64. The molecule has 0 aromatic heterocycles. The van der Waals surface area contributed by atoms with Gasteiger partial charge in [0.05, 0.1) is 92.5 Å². The Morgan fingerprint density at radius 3 is 1.26 bits per heavy atom. The van der Waals surface area contributed by atoms with Crippen molar-refractivity contribution in [1.82, 2.24) is 4.90 Å². The van der Waals surface area contributed by atoms with Crippen LogP contribution in [0, 0.1) is 0 Å². The number of hydrogen-bond acceptors (Lipinski definition) is 10. The fourth-order valence-corrected chi connectivity index (χ4v) is 2.65. The molecule has 0 N–H and O–H groups in total. The van der Waals surface area contributed by atoms with Gasteiger partial charge in [-0.3, -0.25) is 4.79 Å².